The van der Waals surface area contributed by atoms with E-state index in [0.29, 0.717) is 12.2 Å². The van der Waals surface area contributed by atoms with Crippen LogP contribution in [-0.2, 0) is 9.59 Å². The number of pyridine rings is 1. The molecular formula is C13H9BrN2O2. The van der Waals surface area contributed by atoms with Crippen molar-refractivity contribution < 1.29 is 9.59 Å². The molecule has 0 unspecified atom stereocenters. The molecule has 0 spiro atoms. The first-order valence-corrected chi connectivity index (χ1v) is 6.35. The van der Waals surface area contributed by atoms with Gasteiger partial charge in [0.05, 0.1) is 11.2 Å². The SMILES string of the molecule is O=C1CCN(c2cccc3cc(Br)cnc23)C1=O. The van der Waals surface area contributed by atoms with E-state index in [1.165, 1.54) is 4.90 Å². The molecule has 2 aromatic rings. The van der Waals surface area contributed by atoms with E-state index in [1.54, 1.807) is 6.20 Å². The molecule has 1 amide bonds. The number of nitrogens with zero attached hydrogens (tertiary/aromatic N) is 2. The third kappa shape index (κ3) is 1.71. The number of ketones is 1. The highest BCUT2D eigenvalue weighted by Gasteiger charge is 2.31. The van der Waals surface area contributed by atoms with Gasteiger partial charge in [-0.15, -0.1) is 0 Å². The van der Waals surface area contributed by atoms with Crippen molar-refractivity contribution in [1.82, 2.24) is 4.98 Å². The Labute approximate surface area is 112 Å². The fraction of sp³-hybridized carbons (Fsp3) is 0.154. The van der Waals surface area contributed by atoms with Gasteiger partial charge < -0.3 is 4.90 Å². The Morgan fingerprint density at radius 1 is 1.28 bits per heavy atom. The van der Waals surface area contributed by atoms with Crippen LogP contribution in [0.15, 0.2) is 34.9 Å². The molecule has 5 heteroatoms. The lowest BCUT2D eigenvalue weighted by molar-refractivity contribution is -0.133. The number of halogens is 1. The number of Topliss-reactive ketones (excluding diaryl/α,β-unsaturated/α-hetero) is 1. The minimum atomic E-state index is -0.438. The molecule has 0 saturated carbocycles. The maximum absolute atomic E-state index is 11.8. The molecule has 0 radical (unpaired) electrons. The molecule has 4 nitrogen and oxygen atoms in total. The summed E-state index contributed by atoms with van der Waals surface area (Å²) in [5, 5.41) is 0.939. The van der Waals surface area contributed by atoms with Crippen LogP contribution in [0.3, 0.4) is 0 Å². The second kappa shape index (κ2) is 4.17. The van der Waals surface area contributed by atoms with Gasteiger partial charge in [0.25, 0.3) is 5.91 Å². The van der Waals surface area contributed by atoms with Crippen LogP contribution in [0, 0.1) is 0 Å². The summed E-state index contributed by atoms with van der Waals surface area (Å²) in [6, 6.07) is 7.55. The third-order valence-electron chi connectivity index (χ3n) is 2.99. The Morgan fingerprint density at radius 3 is 2.83 bits per heavy atom. The zero-order valence-electron chi connectivity index (χ0n) is 9.39. The zero-order valence-corrected chi connectivity index (χ0v) is 11.0. The third-order valence-corrected chi connectivity index (χ3v) is 3.43. The lowest BCUT2D eigenvalue weighted by Crippen LogP contribution is -2.27. The summed E-state index contributed by atoms with van der Waals surface area (Å²) in [6.45, 7) is 0.439. The van der Waals surface area contributed by atoms with Crippen molar-refractivity contribution in [3.8, 4) is 0 Å². The van der Waals surface area contributed by atoms with E-state index in [9.17, 15) is 9.59 Å². The van der Waals surface area contributed by atoms with Crippen LogP contribution >= 0.6 is 15.9 Å². The molecule has 1 aromatic carbocycles. The van der Waals surface area contributed by atoms with Crippen molar-refractivity contribution in [1.29, 1.82) is 0 Å². The summed E-state index contributed by atoms with van der Waals surface area (Å²) < 4.78 is 0.885. The normalized spacial score (nSPS) is 15.7. The van der Waals surface area contributed by atoms with Crippen LogP contribution in [0.1, 0.15) is 6.42 Å². The quantitative estimate of drug-likeness (QED) is 0.760. The van der Waals surface area contributed by atoms with Gasteiger partial charge >= 0.3 is 0 Å². The molecule has 1 aromatic heterocycles. The first-order chi connectivity index (χ1) is 8.66. The highest BCUT2D eigenvalue weighted by molar-refractivity contribution is 9.10. The number of carbonyl (C=O) groups excluding carboxylic acids is 2. The average Bonchev–Trinajstić information content (AvgIpc) is 2.69. The number of carbonyl (C=O) groups is 2. The number of fused-ring (bicyclic) bond motifs is 1. The van der Waals surface area contributed by atoms with Gasteiger partial charge in [0, 0.05) is 29.0 Å². The summed E-state index contributed by atoms with van der Waals surface area (Å²) in [5.41, 5.74) is 1.44. The number of aromatic nitrogens is 1. The molecule has 90 valence electrons. The minimum absolute atomic E-state index is 0.283. The van der Waals surface area contributed by atoms with Crippen LogP contribution in [-0.4, -0.2) is 23.2 Å². The lowest BCUT2D eigenvalue weighted by Gasteiger charge is -2.16. The second-order valence-corrected chi connectivity index (χ2v) is 5.05. The Bertz CT molecular complexity index is 669. The molecule has 0 aliphatic carbocycles. The van der Waals surface area contributed by atoms with Gasteiger partial charge in [-0.1, -0.05) is 12.1 Å². The van der Waals surface area contributed by atoms with Crippen molar-refractivity contribution in [2.24, 2.45) is 0 Å². The van der Waals surface area contributed by atoms with Gasteiger partial charge in [-0.2, -0.15) is 0 Å². The molecule has 0 bridgehead atoms. The van der Waals surface area contributed by atoms with Gasteiger partial charge in [-0.05, 0) is 28.1 Å². The Morgan fingerprint density at radius 2 is 2.11 bits per heavy atom. The van der Waals surface area contributed by atoms with Crippen molar-refractivity contribution in [2.75, 3.05) is 11.4 Å². The van der Waals surface area contributed by atoms with Crippen LogP contribution in [0.25, 0.3) is 10.9 Å². The summed E-state index contributed by atoms with van der Waals surface area (Å²) in [4.78, 5) is 28.9. The Hall–Kier alpha value is -1.75. The Kier molecular flexibility index (Phi) is 2.63. The van der Waals surface area contributed by atoms with Crippen LogP contribution < -0.4 is 4.90 Å². The summed E-state index contributed by atoms with van der Waals surface area (Å²) in [7, 11) is 0. The predicted molar refractivity (Wildman–Crippen MR) is 71.4 cm³/mol. The van der Waals surface area contributed by atoms with Crippen molar-refractivity contribution in [3.05, 3.63) is 34.9 Å². The molecule has 3 rings (SSSR count). The maximum atomic E-state index is 11.8. The molecule has 0 atom stereocenters. The second-order valence-electron chi connectivity index (χ2n) is 4.13. The lowest BCUT2D eigenvalue weighted by atomic mass is 10.2. The molecule has 2 heterocycles. The number of hydrogen-bond donors (Lipinski definition) is 0. The van der Waals surface area contributed by atoms with Gasteiger partial charge in [0.15, 0.2) is 0 Å². The fourth-order valence-electron chi connectivity index (χ4n) is 2.14. The number of benzene rings is 1. The molecule has 1 saturated heterocycles. The van der Waals surface area contributed by atoms with E-state index in [-0.39, 0.29) is 12.2 Å². The summed E-state index contributed by atoms with van der Waals surface area (Å²) in [6.07, 6.45) is 1.97. The molecule has 1 fully saturated rings. The van der Waals surface area contributed by atoms with E-state index in [2.05, 4.69) is 20.9 Å². The van der Waals surface area contributed by atoms with Gasteiger partial charge in [-0.3, -0.25) is 14.6 Å². The number of anilines is 1. The van der Waals surface area contributed by atoms with E-state index in [1.807, 2.05) is 24.3 Å². The topological polar surface area (TPSA) is 50.3 Å². The number of para-hydroxylation sites is 1. The van der Waals surface area contributed by atoms with E-state index in [0.717, 1.165) is 15.4 Å². The van der Waals surface area contributed by atoms with Crippen molar-refractivity contribution in [3.63, 3.8) is 0 Å². The van der Waals surface area contributed by atoms with Crippen molar-refractivity contribution >= 4 is 44.2 Å². The standard InChI is InChI=1S/C13H9BrN2O2/c14-9-6-8-2-1-3-10(12(8)15-7-9)16-5-4-11(17)13(16)18/h1-3,6-7H,4-5H2. The molecule has 0 N–H and O–H groups in total. The first-order valence-electron chi connectivity index (χ1n) is 5.56. The average molecular weight is 305 g/mol. The highest BCUT2D eigenvalue weighted by atomic mass is 79.9. The van der Waals surface area contributed by atoms with Crippen LogP contribution in [0.4, 0.5) is 5.69 Å². The molecule has 1 aliphatic rings. The number of hydrogen-bond acceptors (Lipinski definition) is 3. The van der Waals surface area contributed by atoms with Crippen LogP contribution in [0.5, 0.6) is 0 Å². The highest BCUT2D eigenvalue weighted by Crippen LogP contribution is 2.28. The molecule has 18 heavy (non-hydrogen) atoms. The van der Waals surface area contributed by atoms with Gasteiger partial charge in [0.2, 0.25) is 5.78 Å². The molecular weight excluding hydrogens is 296 g/mol. The largest absolute Gasteiger partial charge is 0.303 e. The van der Waals surface area contributed by atoms with E-state index >= 15 is 0 Å². The smallest absolute Gasteiger partial charge is 0.294 e. The first kappa shape index (κ1) is 11.3. The van der Waals surface area contributed by atoms with Crippen molar-refractivity contribution in [2.45, 2.75) is 6.42 Å². The number of amides is 1. The van der Waals surface area contributed by atoms with Crippen LogP contribution in [0.2, 0.25) is 0 Å². The maximum Gasteiger partial charge on any atom is 0.294 e. The predicted octanol–water partition coefficient (Wildman–Crippen LogP) is 2.30. The minimum Gasteiger partial charge on any atom is -0.303 e. The van der Waals surface area contributed by atoms with Gasteiger partial charge in [0.1, 0.15) is 0 Å². The zero-order chi connectivity index (χ0) is 12.7. The van der Waals surface area contributed by atoms with E-state index < -0.39 is 5.91 Å². The van der Waals surface area contributed by atoms with Gasteiger partial charge in [-0.25, -0.2) is 0 Å². The summed E-state index contributed by atoms with van der Waals surface area (Å²) >= 11 is 3.36. The Balaban J connectivity index is 2.18. The fourth-order valence-corrected chi connectivity index (χ4v) is 2.49. The van der Waals surface area contributed by atoms with E-state index in [4.69, 9.17) is 0 Å². The monoisotopic (exact) mass is 304 g/mol. The molecule has 1 aliphatic heterocycles. The summed E-state index contributed by atoms with van der Waals surface area (Å²) in [5.74, 6) is -0.767. The number of rotatable bonds is 1.